The molecule has 5 heteroatoms. The number of hydrogen-bond donors (Lipinski definition) is 0. The third-order valence-corrected chi connectivity index (χ3v) is 3.06. The van der Waals surface area contributed by atoms with Gasteiger partial charge in [-0.2, -0.15) is 0 Å². The van der Waals surface area contributed by atoms with Crippen molar-refractivity contribution in [3.63, 3.8) is 0 Å². The molecule has 0 bridgehead atoms. The van der Waals surface area contributed by atoms with E-state index < -0.39 is 5.97 Å². The van der Waals surface area contributed by atoms with Crippen molar-refractivity contribution in [2.45, 2.75) is 6.92 Å². The van der Waals surface area contributed by atoms with Crippen LogP contribution in [0, 0.1) is 0 Å². The molecule has 0 saturated carbocycles. The molecule has 2 aromatic carbocycles. The summed E-state index contributed by atoms with van der Waals surface area (Å²) in [5.41, 5.74) is 0.448. The molecule has 0 aliphatic rings. The summed E-state index contributed by atoms with van der Waals surface area (Å²) in [5, 5.41) is 0.582. The van der Waals surface area contributed by atoms with Gasteiger partial charge in [-0.05, 0) is 55.5 Å². The summed E-state index contributed by atoms with van der Waals surface area (Å²) in [4.78, 5) is 23.1. The zero-order chi connectivity index (χ0) is 16.7. The first-order valence-corrected chi connectivity index (χ1v) is 7.39. The standard InChI is InChI=1S/C18H15ClO4/c1-2-22-18(21)11-10-17(20)13-6-8-15(9-7-13)23-16-5-3-4-14(19)12-16/h3-12H,2H2,1H3. The van der Waals surface area contributed by atoms with Crippen LogP contribution in [0.15, 0.2) is 60.7 Å². The number of ether oxygens (including phenoxy) is 2. The van der Waals surface area contributed by atoms with Crippen LogP contribution in [0.1, 0.15) is 17.3 Å². The fourth-order valence-corrected chi connectivity index (χ4v) is 1.96. The minimum Gasteiger partial charge on any atom is -0.463 e. The molecule has 0 aliphatic heterocycles. The Bertz CT molecular complexity index is 720. The highest BCUT2D eigenvalue weighted by molar-refractivity contribution is 6.30. The zero-order valence-corrected chi connectivity index (χ0v) is 13.2. The summed E-state index contributed by atoms with van der Waals surface area (Å²) < 4.78 is 10.4. The largest absolute Gasteiger partial charge is 0.463 e. The Morgan fingerprint density at radius 2 is 1.78 bits per heavy atom. The van der Waals surface area contributed by atoms with Gasteiger partial charge in [0, 0.05) is 16.7 Å². The maximum absolute atomic E-state index is 11.9. The monoisotopic (exact) mass is 330 g/mol. The molecular weight excluding hydrogens is 316 g/mol. The molecule has 0 amide bonds. The average Bonchev–Trinajstić information content (AvgIpc) is 2.54. The van der Waals surface area contributed by atoms with E-state index in [9.17, 15) is 9.59 Å². The molecule has 0 saturated heterocycles. The lowest BCUT2D eigenvalue weighted by Crippen LogP contribution is -2.01. The second-order valence-corrected chi connectivity index (χ2v) is 4.97. The molecule has 2 rings (SSSR count). The Morgan fingerprint density at radius 3 is 2.43 bits per heavy atom. The predicted octanol–water partition coefficient (Wildman–Crippen LogP) is 4.43. The van der Waals surface area contributed by atoms with Crippen molar-refractivity contribution in [3.8, 4) is 11.5 Å². The number of carbonyl (C=O) groups is 2. The molecule has 0 heterocycles. The van der Waals surface area contributed by atoms with Gasteiger partial charge in [-0.15, -0.1) is 0 Å². The van der Waals surface area contributed by atoms with Crippen LogP contribution in [0.25, 0.3) is 0 Å². The van der Waals surface area contributed by atoms with Crippen molar-refractivity contribution in [1.82, 2.24) is 0 Å². The smallest absolute Gasteiger partial charge is 0.330 e. The summed E-state index contributed by atoms with van der Waals surface area (Å²) >= 11 is 5.89. The second kappa shape index (κ2) is 8.15. The highest BCUT2D eigenvalue weighted by Crippen LogP contribution is 2.24. The maximum Gasteiger partial charge on any atom is 0.330 e. The number of ketones is 1. The lowest BCUT2D eigenvalue weighted by atomic mass is 10.1. The van der Waals surface area contributed by atoms with Gasteiger partial charge >= 0.3 is 5.97 Å². The molecule has 0 aromatic heterocycles. The van der Waals surface area contributed by atoms with Crippen LogP contribution in [0.2, 0.25) is 5.02 Å². The average molecular weight is 331 g/mol. The van der Waals surface area contributed by atoms with Crippen molar-refractivity contribution < 1.29 is 19.1 Å². The van der Waals surface area contributed by atoms with E-state index in [4.69, 9.17) is 21.1 Å². The van der Waals surface area contributed by atoms with Gasteiger partial charge in [-0.1, -0.05) is 17.7 Å². The number of halogens is 1. The van der Waals surface area contributed by atoms with Crippen LogP contribution in [0.5, 0.6) is 11.5 Å². The second-order valence-electron chi connectivity index (χ2n) is 4.53. The summed E-state index contributed by atoms with van der Waals surface area (Å²) in [6.45, 7) is 1.97. The Kier molecular flexibility index (Phi) is 5.94. The van der Waals surface area contributed by atoms with Crippen molar-refractivity contribution in [3.05, 3.63) is 71.3 Å². The molecule has 4 nitrogen and oxygen atoms in total. The lowest BCUT2D eigenvalue weighted by Gasteiger charge is -2.06. The molecule has 0 aliphatic carbocycles. The van der Waals surface area contributed by atoms with E-state index in [0.717, 1.165) is 6.08 Å². The van der Waals surface area contributed by atoms with Gasteiger partial charge in [0.25, 0.3) is 0 Å². The van der Waals surface area contributed by atoms with Crippen LogP contribution in [-0.4, -0.2) is 18.4 Å². The molecule has 0 fully saturated rings. The van der Waals surface area contributed by atoms with Crippen LogP contribution in [-0.2, 0) is 9.53 Å². The number of benzene rings is 2. The van der Waals surface area contributed by atoms with Gasteiger partial charge in [0.2, 0.25) is 0 Å². The SMILES string of the molecule is CCOC(=O)C=CC(=O)c1ccc(Oc2cccc(Cl)c2)cc1. The predicted molar refractivity (Wildman–Crippen MR) is 88.1 cm³/mol. The molecule has 0 N–H and O–H groups in total. The van der Waals surface area contributed by atoms with Gasteiger partial charge in [0.15, 0.2) is 5.78 Å². The zero-order valence-electron chi connectivity index (χ0n) is 12.5. The molecule has 0 spiro atoms. The van der Waals surface area contributed by atoms with Crippen LogP contribution in [0.3, 0.4) is 0 Å². The molecule has 118 valence electrons. The van der Waals surface area contributed by atoms with E-state index in [1.165, 1.54) is 6.08 Å². The van der Waals surface area contributed by atoms with E-state index in [-0.39, 0.29) is 12.4 Å². The van der Waals surface area contributed by atoms with E-state index in [1.54, 1.807) is 55.5 Å². The highest BCUT2D eigenvalue weighted by Gasteiger charge is 2.04. The first-order valence-electron chi connectivity index (χ1n) is 7.01. The minimum absolute atomic E-state index is 0.271. The van der Waals surface area contributed by atoms with Gasteiger partial charge in [0.05, 0.1) is 6.61 Å². The third kappa shape index (κ3) is 5.27. The summed E-state index contributed by atoms with van der Waals surface area (Å²) in [5.74, 6) is 0.367. The van der Waals surface area contributed by atoms with E-state index >= 15 is 0 Å². The molecule has 23 heavy (non-hydrogen) atoms. The van der Waals surface area contributed by atoms with Gasteiger partial charge in [-0.3, -0.25) is 4.79 Å². The molecular formula is C18H15ClO4. The molecule has 0 atom stereocenters. The highest BCUT2D eigenvalue weighted by atomic mass is 35.5. The Hall–Kier alpha value is -2.59. The fourth-order valence-electron chi connectivity index (χ4n) is 1.78. The summed E-state index contributed by atoms with van der Waals surface area (Å²) in [6, 6.07) is 13.6. The van der Waals surface area contributed by atoms with E-state index in [0.29, 0.717) is 22.1 Å². The minimum atomic E-state index is -0.540. The first kappa shape index (κ1) is 16.8. The number of esters is 1. The van der Waals surface area contributed by atoms with Crippen molar-refractivity contribution in [1.29, 1.82) is 0 Å². The molecule has 2 aromatic rings. The Balaban J connectivity index is 2.01. The number of carbonyl (C=O) groups excluding carboxylic acids is 2. The van der Waals surface area contributed by atoms with Crippen molar-refractivity contribution in [2.24, 2.45) is 0 Å². The fraction of sp³-hybridized carbons (Fsp3) is 0.111. The Morgan fingerprint density at radius 1 is 1.04 bits per heavy atom. The van der Waals surface area contributed by atoms with Crippen molar-refractivity contribution >= 4 is 23.4 Å². The molecule has 0 unspecified atom stereocenters. The Labute approximate surface area is 139 Å². The van der Waals surface area contributed by atoms with Crippen LogP contribution < -0.4 is 4.74 Å². The maximum atomic E-state index is 11.9. The van der Waals surface area contributed by atoms with Gasteiger partial charge in [-0.25, -0.2) is 4.79 Å². The van der Waals surface area contributed by atoms with Crippen molar-refractivity contribution in [2.75, 3.05) is 6.61 Å². The van der Waals surface area contributed by atoms with Gasteiger partial charge in [0.1, 0.15) is 11.5 Å². The number of rotatable bonds is 6. The number of hydrogen-bond acceptors (Lipinski definition) is 4. The van der Waals surface area contributed by atoms with Crippen LogP contribution in [0.4, 0.5) is 0 Å². The van der Waals surface area contributed by atoms with E-state index in [2.05, 4.69) is 0 Å². The van der Waals surface area contributed by atoms with Gasteiger partial charge < -0.3 is 9.47 Å². The van der Waals surface area contributed by atoms with Crippen LogP contribution >= 0.6 is 11.6 Å². The lowest BCUT2D eigenvalue weighted by molar-refractivity contribution is -0.137. The summed E-state index contributed by atoms with van der Waals surface area (Å²) in [6.07, 6.45) is 2.30. The third-order valence-electron chi connectivity index (χ3n) is 2.83. The normalized spacial score (nSPS) is 10.5. The summed E-state index contributed by atoms with van der Waals surface area (Å²) in [7, 11) is 0. The van der Waals surface area contributed by atoms with E-state index in [1.807, 2.05) is 0 Å². The molecule has 0 radical (unpaired) electrons. The number of allylic oxidation sites excluding steroid dienone is 1. The quantitative estimate of drug-likeness (QED) is 0.446. The topological polar surface area (TPSA) is 52.6 Å². The first-order chi connectivity index (χ1) is 11.1.